The number of rotatable bonds is 6. The minimum absolute atomic E-state index is 0.870. The Morgan fingerprint density at radius 3 is 3.11 bits per heavy atom. The summed E-state index contributed by atoms with van der Waals surface area (Å²) in [6, 6.07) is 6.62. The molecule has 0 aliphatic carbocycles. The third kappa shape index (κ3) is 3.72. The van der Waals surface area contributed by atoms with E-state index in [0.29, 0.717) is 0 Å². The number of benzene rings is 1. The fourth-order valence-electron chi connectivity index (χ4n) is 2.35. The molecule has 0 atom stereocenters. The van der Waals surface area contributed by atoms with Crippen LogP contribution in [-0.4, -0.2) is 38.2 Å². The minimum Gasteiger partial charge on any atom is -0.493 e. The summed E-state index contributed by atoms with van der Waals surface area (Å²) in [5, 5.41) is 3.35. The molecule has 1 aromatic rings. The minimum atomic E-state index is 0.870. The third-order valence-electron chi connectivity index (χ3n) is 3.35. The van der Waals surface area contributed by atoms with E-state index >= 15 is 0 Å². The first-order valence-corrected chi connectivity index (χ1v) is 6.93. The highest BCUT2D eigenvalue weighted by atomic mass is 16.5. The molecule has 0 saturated carbocycles. The largest absolute Gasteiger partial charge is 0.493 e. The van der Waals surface area contributed by atoms with E-state index in [0.717, 1.165) is 51.4 Å². The van der Waals surface area contributed by atoms with Gasteiger partial charge < -0.3 is 15.0 Å². The third-order valence-corrected chi connectivity index (χ3v) is 3.35. The molecule has 1 aliphatic rings. The lowest BCUT2D eigenvalue weighted by Gasteiger charge is -2.20. The van der Waals surface area contributed by atoms with Crippen molar-refractivity contribution in [1.82, 2.24) is 10.2 Å². The zero-order valence-corrected chi connectivity index (χ0v) is 11.5. The molecular formula is C15H24N2O. The van der Waals surface area contributed by atoms with Gasteiger partial charge in [0.05, 0.1) is 6.61 Å². The zero-order valence-electron chi connectivity index (χ0n) is 11.5. The van der Waals surface area contributed by atoms with Crippen LogP contribution in [0.2, 0.25) is 0 Å². The van der Waals surface area contributed by atoms with Crippen molar-refractivity contribution in [3.8, 4) is 5.75 Å². The summed E-state index contributed by atoms with van der Waals surface area (Å²) in [7, 11) is 2.17. The van der Waals surface area contributed by atoms with Crippen LogP contribution < -0.4 is 10.1 Å². The Kier molecular flexibility index (Phi) is 5.02. The van der Waals surface area contributed by atoms with E-state index in [1.807, 2.05) is 0 Å². The average Bonchev–Trinajstić information content (AvgIpc) is 2.39. The molecule has 0 unspecified atom stereocenters. The van der Waals surface area contributed by atoms with Gasteiger partial charge in [-0.15, -0.1) is 0 Å². The number of nitrogens with one attached hydrogen (secondary N) is 1. The molecule has 100 valence electrons. The summed E-state index contributed by atoms with van der Waals surface area (Å²) in [6.45, 7) is 7.21. The lowest BCUT2D eigenvalue weighted by atomic mass is 10.0. The van der Waals surface area contributed by atoms with Crippen LogP contribution in [0.4, 0.5) is 0 Å². The molecule has 0 bridgehead atoms. The highest BCUT2D eigenvalue weighted by Crippen LogP contribution is 2.25. The zero-order chi connectivity index (χ0) is 12.8. The molecule has 1 aromatic carbocycles. The van der Waals surface area contributed by atoms with Crippen LogP contribution in [0.5, 0.6) is 5.75 Å². The number of ether oxygens (including phenoxy) is 1. The number of aryl methyl sites for hydroxylation is 1. The van der Waals surface area contributed by atoms with E-state index in [1.54, 1.807) is 0 Å². The Hall–Kier alpha value is -1.06. The fraction of sp³-hybridized carbons (Fsp3) is 0.600. The van der Waals surface area contributed by atoms with Crippen molar-refractivity contribution in [2.45, 2.75) is 26.3 Å². The molecule has 2 rings (SSSR count). The van der Waals surface area contributed by atoms with E-state index < -0.39 is 0 Å². The van der Waals surface area contributed by atoms with Crippen LogP contribution in [-0.2, 0) is 13.0 Å². The van der Waals surface area contributed by atoms with Crippen LogP contribution >= 0.6 is 0 Å². The summed E-state index contributed by atoms with van der Waals surface area (Å²) < 4.78 is 5.64. The maximum Gasteiger partial charge on any atom is 0.122 e. The molecule has 0 radical (unpaired) electrons. The van der Waals surface area contributed by atoms with E-state index in [1.165, 1.54) is 11.1 Å². The van der Waals surface area contributed by atoms with E-state index in [4.69, 9.17) is 4.74 Å². The van der Waals surface area contributed by atoms with Crippen molar-refractivity contribution in [2.75, 3.05) is 33.3 Å². The smallest absolute Gasteiger partial charge is 0.122 e. The maximum atomic E-state index is 5.64. The monoisotopic (exact) mass is 248 g/mol. The molecule has 1 aliphatic heterocycles. The maximum absolute atomic E-state index is 5.64. The van der Waals surface area contributed by atoms with E-state index in [2.05, 4.69) is 42.4 Å². The van der Waals surface area contributed by atoms with Crippen molar-refractivity contribution in [3.63, 3.8) is 0 Å². The average molecular weight is 248 g/mol. The molecule has 1 N–H and O–H groups in total. The second kappa shape index (κ2) is 6.76. The molecule has 0 saturated heterocycles. The highest BCUT2D eigenvalue weighted by molar-refractivity contribution is 5.38. The molecule has 0 fully saturated rings. The van der Waals surface area contributed by atoms with Crippen molar-refractivity contribution < 1.29 is 4.74 Å². The van der Waals surface area contributed by atoms with Gasteiger partial charge in [0.15, 0.2) is 0 Å². The van der Waals surface area contributed by atoms with Gasteiger partial charge in [-0.1, -0.05) is 19.1 Å². The van der Waals surface area contributed by atoms with Crippen molar-refractivity contribution in [1.29, 1.82) is 0 Å². The van der Waals surface area contributed by atoms with Gasteiger partial charge in [0.2, 0.25) is 0 Å². The van der Waals surface area contributed by atoms with E-state index in [-0.39, 0.29) is 0 Å². The van der Waals surface area contributed by atoms with Crippen LogP contribution in [0.3, 0.4) is 0 Å². The topological polar surface area (TPSA) is 24.5 Å². The fourth-order valence-corrected chi connectivity index (χ4v) is 2.35. The van der Waals surface area contributed by atoms with Gasteiger partial charge in [-0.05, 0) is 43.6 Å². The lowest BCUT2D eigenvalue weighted by Crippen LogP contribution is -2.28. The Bertz CT molecular complexity index is 379. The quantitative estimate of drug-likeness (QED) is 0.780. The van der Waals surface area contributed by atoms with Crippen LogP contribution in [0.25, 0.3) is 0 Å². The standard InChI is InChI=1S/C15H24N2O/c1-3-16-8-9-17(2)12-13-6-7-15-14(11-13)5-4-10-18-15/h6-7,11,16H,3-5,8-10,12H2,1-2H3. The number of nitrogens with zero attached hydrogens (tertiary/aromatic N) is 1. The summed E-state index contributed by atoms with van der Waals surface area (Å²) in [6.07, 6.45) is 2.30. The Balaban J connectivity index is 1.89. The van der Waals surface area contributed by atoms with Crippen LogP contribution in [0.15, 0.2) is 18.2 Å². The SMILES string of the molecule is CCNCCN(C)Cc1ccc2c(c1)CCCO2. The molecule has 1 heterocycles. The Labute approximate surface area is 110 Å². The first-order valence-electron chi connectivity index (χ1n) is 6.93. The second-order valence-electron chi connectivity index (χ2n) is 4.99. The number of hydrogen-bond donors (Lipinski definition) is 1. The van der Waals surface area contributed by atoms with Gasteiger partial charge in [-0.25, -0.2) is 0 Å². The predicted octanol–water partition coefficient (Wildman–Crippen LogP) is 2.05. The Morgan fingerprint density at radius 2 is 2.28 bits per heavy atom. The molecule has 18 heavy (non-hydrogen) atoms. The summed E-state index contributed by atoms with van der Waals surface area (Å²) in [5.41, 5.74) is 2.76. The van der Waals surface area contributed by atoms with Crippen molar-refractivity contribution >= 4 is 0 Å². The molecule has 0 amide bonds. The first-order chi connectivity index (χ1) is 8.79. The van der Waals surface area contributed by atoms with E-state index in [9.17, 15) is 0 Å². The van der Waals surface area contributed by atoms with Crippen molar-refractivity contribution in [2.24, 2.45) is 0 Å². The molecule has 0 spiro atoms. The molecular weight excluding hydrogens is 224 g/mol. The Morgan fingerprint density at radius 1 is 1.39 bits per heavy atom. The predicted molar refractivity (Wildman–Crippen MR) is 75.1 cm³/mol. The summed E-state index contributed by atoms with van der Waals surface area (Å²) in [5.74, 6) is 1.08. The number of fused-ring (bicyclic) bond motifs is 1. The number of hydrogen-bond acceptors (Lipinski definition) is 3. The highest BCUT2D eigenvalue weighted by Gasteiger charge is 2.11. The summed E-state index contributed by atoms with van der Waals surface area (Å²) >= 11 is 0. The van der Waals surface area contributed by atoms with Crippen molar-refractivity contribution in [3.05, 3.63) is 29.3 Å². The van der Waals surface area contributed by atoms with Crippen LogP contribution in [0, 0.1) is 0 Å². The molecule has 0 aromatic heterocycles. The van der Waals surface area contributed by atoms with Gasteiger partial charge in [0.1, 0.15) is 5.75 Å². The molecule has 3 nitrogen and oxygen atoms in total. The summed E-state index contributed by atoms with van der Waals surface area (Å²) in [4.78, 5) is 2.36. The lowest BCUT2D eigenvalue weighted by molar-refractivity contribution is 0.287. The normalized spacial score (nSPS) is 14.4. The van der Waals surface area contributed by atoms with Gasteiger partial charge in [0, 0.05) is 19.6 Å². The first kappa shape index (κ1) is 13.4. The van der Waals surface area contributed by atoms with Gasteiger partial charge in [-0.2, -0.15) is 0 Å². The molecule has 3 heteroatoms. The second-order valence-corrected chi connectivity index (χ2v) is 4.99. The van der Waals surface area contributed by atoms with Gasteiger partial charge in [-0.3, -0.25) is 0 Å². The number of likely N-dealkylation sites (N-methyl/N-ethyl adjacent to an activating group) is 2. The van der Waals surface area contributed by atoms with Gasteiger partial charge >= 0.3 is 0 Å². The van der Waals surface area contributed by atoms with Gasteiger partial charge in [0.25, 0.3) is 0 Å². The van der Waals surface area contributed by atoms with Crippen LogP contribution in [0.1, 0.15) is 24.5 Å².